The number of hydrogen-bond acceptors (Lipinski definition) is 8. The van der Waals surface area contributed by atoms with E-state index in [0.717, 1.165) is 27.7 Å². The number of amides is 1. The minimum atomic E-state index is -0.826. The van der Waals surface area contributed by atoms with Crippen molar-refractivity contribution in [2.45, 2.75) is 13.8 Å². The molecule has 0 saturated heterocycles. The maximum Gasteiger partial charge on any atom is 0.378 e. The monoisotopic (exact) mass is 445 g/mol. The van der Waals surface area contributed by atoms with Crippen molar-refractivity contribution in [2.24, 2.45) is 0 Å². The Labute approximate surface area is 187 Å². The van der Waals surface area contributed by atoms with Crippen molar-refractivity contribution in [3.63, 3.8) is 0 Å². The number of anilines is 1. The summed E-state index contributed by atoms with van der Waals surface area (Å²) in [5.41, 5.74) is 3.24. The normalized spacial score (nSPS) is 11.2. The molecule has 0 fully saturated rings. The van der Waals surface area contributed by atoms with Crippen molar-refractivity contribution in [3.8, 4) is 5.75 Å². The Bertz CT molecular complexity index is 1550. The number of aromatic nitrogens is 4. The molecule has 1 amide bonds. The number of aryl methyl sites for hydroxylation is 2. The number of fused-ring (bicyclic) bond motifs is 4. The van der Waals surface area contributed by atoms with Gasteiger partial charge in [-0.15, -0.1) is 5.10 Å². The lowest BCUT2D eigenvalue weighted by molar-refractivity contribution is -0.119. The molecule has 5 rings (SSSR count). The van der Waals surface area contributed by atoms with Gasteiger partial charge >= 0.3 is 5.97 Å². The number of rotatable bonds is 5. The average Bonchev–Trinajstić information content (AvgIpc) is 3.38. The molecule has 33 heavy (non-hydrogen) atoms. The van der Waals surface area contributed by atoms with Gasteiger partial charge in [-0.3, -0.25) is 4.79 Å². The maximum atomic E-state index is 12.5. The van der Waals surface area contributed by atoms with Gasteiger partial charge in [0.1, 0.15) is 16.9 Å². The number of nitrogens with one attached hydrogen (secondary N) is 1. The summed E-state index contributed by atoms with van der Waals surface area (Å²) < 4.78 is 17.8. The number of methoxy groups -OCH3 is 1. The van der Waals surface area contributed by atoms with E-state index >= 15 is 0 Å². The van der Waals surface area contributed by atoms with Crippen LogP contribution in [-0.2, 0) is 9.53 Å². The van der Waals surface area contributed by atoms with E-state index in [2.05, 4.69) is 20.4 Å². The van der Waals surface area contributed by atoms with Crippen molar-refractivity contribution in [1.29, 1.82) is 0 Å². The second-order valence-electron chi connectivity index (χ2n) is 7.46. The van der Waals surface area contributed by atoms with E-state index in [9.17, 15) is 9.59 Å². The minimum Gasteiger partial charge on any atom is -0.495 e. The third-order valence-corrected chi connectivity index (χ3v) is 5.11. The summed E-state index contributed by atoms with van der Waals surface area (Å²) in [5.74, 6) is -0.816. The molecular formula is C23H19N5O5. The molecule has 3 heterocycles. The van der Waals surface area contributed by atoms with Crippen LogP contribution in [0.4, 0.5) is 5.69 Å². The standard InChI is InChI=1S/C23H19N5O5/c1-12-8-13(2)28-23(24-12)26-21(27-28)22(30)32-11-20(29)25-16-10-18-15(9-19(16)31-3)14-6-4-5-7-17(14)33-18/h4-10H,11H2,1-3H3,(H,25,29). The molecular weight excluding hydrogens is 426 g/mol. The highest BCUT2D eigenvalue weighted by atomic mass is 16.5. The van der Waals surface area contributed by atoms with Gasteiger partial charge in [0.2, 0.25) is 0 Å². The Morgan fingerprint density at radius 2 is 1.88 bits per heavy atom. The van der Waals surface area contributed by atoms with Gasteiger partial charge in [0.05, 0.1) is 12.8 Å². The molecule has 166 valence electrons. The highest BCUT2D eigenvalue weighted by Gasteiger charge is 2.19. The lowest BCUT2D eigenvalue weighted by atomic mass is 10.1. The molecule has 0 aliphatic carbocycles. The molecule has 10 nitrogen and oxygen atoms in total. The number of nitrogens with zero attached hydrogens (tertiary/aromatic N) is 4. The lowest BCUT2D eigenvalue weighted by Crippen LogP contribution is -2.21. The topological polar surface area (TPSA) is 121 Å². The highest BCUT2D eigenvalue weighted by molar-refractivity contribution is 6.08. The Balaban J connectivity index is 1.32. The summed E-state index contributed by atoms with van der Waals surface area (Å²) in [6.45, 7) is 3.12. The van der Waals surface area contributed by atoms with Crippen molar-refractivity contribution < 1.29 is 23.5 Å². The van der Waals surface area contributed by atoms with Gasteiger partial charge in [-0.05, 0) is 32.0 Å². The molecule has 0 unspecified atom stereocenters. The van der Waals surface area contributed by atoms with Crippen molar-refractivity contribution in [3.05, 3.63) is 59.7 Å². The molecule has 0 atom stereocenters. The fourth-order valence-electron chi connectivity index (χ4n) is 3.65. The van der Waals surface area contributed by atoms with E-state index in [4.69, 9.17) is 13.9 Å². The van der Waals surface area contributed by atoms with Crippen LogP contribution < -0.4 is 10.1 Å². The van der Waals surface area contributed by atoms with E-state index in [1.54, 1.807) is 12.1 Å². The van der Waals surface area contributed by atoms with Gasteiger partial charge in [0.15, 0.2) is 6.61 Å². The third kappa shape index (κ3) is 3.71. The summed E-state index contributed by atoms with van der Waals surface area (Å²) in [6, 6.07) is 12.9. The molecule has 0 bridgehead atoms. The maximum absolute atomic E-state index is 12.5. The zero-order valence-electron chi connectivity index (χ0n) is 18.1. The van der Waals surface area contributed by atoms with Gasteiger partial charge in [-0.25, -0.2) is 14.3 Å². The molecule has 0 spiro atoms. The Morgan fingerprint density at radius 3 is 2.70 bits per heavy atom. The molecule has 0 radical (unpaired) electrons. The first-order valence-electron chi connectivity index (χ1n) is 10.1. The second-order valence-corrected chi connectivity index (χ2v) is 7.46. The van der Waals surface area contributed by atoms with Crippen LogP contribution in [-0.4, -0.2) is 45.2 Å². The Hall–Kier alpha value is -4.47. The largest absolute Gasteiger partial charge is 0.495 e. The van der Waals surface area contributed by atoms with E-state index in [-0.39, 0.29) is 11.6 Å². The molecule has 5 aromatic rings. The SMILES string of the molecule is COc1cc2c(cc1NC(=O)COC(=O)c1nc3nc(C)cc(C)n3n1)oc1ccccc12. The van der Waals surface area contributed by atoms with Crippen molar-refractivity contribution >= 4 is 45.3 Å². The molecule has 0 aliphatic heterocycles. The summed E-state index contributed by atoms with van der Waals surface area (Å²) in [6.07, 6.45) is 0. The smallest absolute Gasteiger partial charge is 0.378 e. The summed E-state index contributed by atoms with van der Waals surface area (Å²) in [7, 11) is 1.51. The first-order valence-corrected chi connectivity index (χ1v) is 10.1. The van der Waals surface area contributed by atoms with Crippen LogP contribution in [0.3, 0.4) is 0 Å². The van der Waals surface area contributed by atoms with Crippen molar-refractivity contribution in [1.82, 2.24) is 19.6 Å². The fraction of sp³-hybridized carbons (Fsp3) is 0.174. The van der Waals surface area contributed by atoms with Gasteiger partial charge < -0.3 is 19.2 Å². The predicted molar refractivity (Wildman–Crippen MR) is 119 cm³/mol. The Morgan fingerprint density at radius 1 is 1.06 bits per heavy atom. The number of benzene rings is 2. The fourth-order valence-corrected chi connectivity index (χ4v) is 3.65. The van der Waals surface area contributed by atoms with E-state index in [1.165, 1.54) is 11.6 Å². The van der Waals surface area contributed by atoms with Crippen LogP contribution in [0.2, 0.25) is 0 Å². The number of para-hydroxylation sites is 1. The zero-order chi connectivity index (χ0) is 23.1. The summed E-state index contributed by atoms with van der Waals surface area (Å²) >= 11 is 0. The number of hydrogen-bond donors (Lipinski definition) is 1. The molecule has 2 aromatic carbocycles. The van der Waals surface area contributed by atoms with Crippen molar-refractivity contribution in [2.75, 3.05) is 19.0 Å². The average molecular weight is 445 g/mol. The van der Waals surface area contributed by atoms with Crippen LogP contribution in [0.5, 0.6) is 5.75 Å². The quantitative estimate of drug-likeness (QED) is 0.409. The van der Waals surface area contributed by atoms with Crippen LogP contribution in [0.15, 0.2) is 46.9 Å². The first kappa shape index (κ1) is 20.4. The minimum absolute atomic E-state index is 0.176. The molecule has 10 heteroatoms. The lowest BCUT2D eigenvalue weighted by Gasteiger charge is -2.10. The number of carbonyl (C=O) groups excluding carboxylic acids is 2. The van der Waals surface area contributed by atoms with E-state index in [1.807, 2.05) is 44.2 Å². The van der Waals surface area contributed by atoms with Crippen LogP contribution in [0, 0.1) is 13.8 Å². The summed E-state index contributed by atoms with van der Waals surface area (Å²) in [5, 5.41) is 8.60. The Kier molecular flexibility index (Phi) is 4.89. The van der Waals surface area contributed by atoms with Crippen LogP contribution in [0.1, 0.15) is 22.0 Å². The van der Waals surface area contributed by atoms with Gasteiger partial charge in [0.25, 0.3) is 17.5 Å². The number of ether oxygens (including phenoxy) is 2. The second kappa shape index (κ2) is 7.90. The van der Waals surface area contributed by atoms with Gasteiger partial charge in [-0.1, -0.05) is 18.2 Å². The third-order valence-electron chi connectivity index (χ3n) is 5.11. The molecule has 0 saturated carbocycles. The number of esters is 1. The van der Waals surface area contributed by atoms with Gasteiger partial charge in [-0.2, -0.15) is 4.98 Å². The molecule has 1 N–H and O–H groups in total. The predicted octanol–water partition coefficient (Wildman–Crippen LogP) is 3.44. The molecule has 3 aromatic heterocycles. The number of carbonyl (C=O) groups is 2. The highest BCUT2D eigenvalue weighted by Crippen LogP contribution is 2.36. The van der Waals surface area contributed by atoms with E-state index in [0.29, 0.717) is 17.0 Å². The number of furan rings is 1. The zero-order valence-corrected chi connectivity index (χ0v) is 18.1. The van der Waals surface area contributed by atoms with Crippen LogP contribution >= 0.6 is 0 Å². The molecule has 0 aliphatic rings. The van der Waals surface area contributed by atoms with Crippen LogP contribution in [0.25, 0.3) is 27.7 Å². The van der Waals surface area contributed by atoms with Gasteiger partial charge in [0, 0.05) is 28.2 Å². The van der Waals surface area contributed by atoms with E-state index < -0.39 is 18.5 Å². The summed E-state index contributed by atoms with van der Waals surface area (Å²) in [4.78, 5) is 33.1. The first-order chi connectivity index (χ1) is 15.9.